The average molecular weight is 384 g/mol. The molecule has 1 saturated heterocycles. The van der Waals surface area contributed by atoms with E-state index in [0.717, 1.165) is 28.3 Å². The number of methoxy groups -OCH3 is 1. The highest BCUT2D eigenvalue weighted by Crippen LogP contribution is 2.33. The first-order valence-corrected chi connectivity index (χ1v) is 10.4. The van der Waals surface area contributed by atoms with Gasteiger partial charge in [-0.05, 0) is 31.5 Å². The second-order valence-electron chi connectivity index (χ2n) is 7.23. The topological polar surface area (TPSA) is 51.5 Å². The summed E-state index contributed by atoms with van der Waals surface area (Å²) >= 11 is 1.74. The van der Waals surface area contributed by atoms with Gasteiger partial charge in [0.25, 0.3) is 0 Å². The molecule has 0 aliphatic carbocycles. The standard InChI is InChI=1S/C21H26N4OS/c1-14-15(2)27-21-19(14)20(23-13-24-21)22-12-17(25-10-6-7-11-25)16-8-4-5-9-18(16)26-3/h4-5,8-9,13,17H,6-7,10-12H2,1-3H3,(H,22,23,24)/p+1/t17-/m0/s1. The van der Waals surface area contributed by atoms with E-state index in [-0.39, 0.29) is 0 Å². The Morgan fingerprint density at radius 2 is 1.96 bits per heavy atom. The Balaban J connectivity index is 1.65. The van der Waals surface area contributed by atoms with Crippen LogP contribution >= 0.6 is 11.3 Å². The summed E-state index contributed by atoms with van der Waals surface area (Å²) in [6, 6.07) is 8.75. The first-order valence-electron chi connectivity index (χ1n) is 9.61. The van der Waals surface area contributed by atoms with E-state index in [1.54, 1.807) is 29.7 Å². The van der Waals surface area contributed by atoms with Gasteiger partial charge in [0.05, 0.1) is 37.7 Å². The number of ether oxygens (including phenoxy) is 1. The third-order valence-corrected chi connectivity index (χ3v) is 6.81. The van der Waals surface area contributed by atoms with E-state index in [0.29, 0.717) is 6.04 Å². The second kappa shape index (κ2) is 7.82. The van der Waals surface area contributed by atoms with Crippen molar-refractivity contribution in [1.29, 1.82) is 0 Å². The van der Waals surface area contributed by atoms with Crippen LogP contribution in [0.1, 0.15) is 34.9 Å². The Labute approximate surface area is 164 Å². The number of aromatic nitrogens is 2. The molecule has 0 amide bonds. The molecular formula is C21H27N4OS+. The molecule has 3 heterocycles. The number of rotatable bonds is 6. The zero-order chi connectivity index (χ0) is 18.8. The molecule has 1 aliphatic rings. The Hall–Kier alpha value is -2.18. The summed E-state index contributed by atoms with van der Waals surface area (Å²) in [6.45, 7) is 7.56. The number of nitrogens with zero attached hydrogens (tertiary/aromatic N) is 2. The smallest absolute Gasteiger partial charge is 0.138 e. The van der Waals surface area contributed by atoms with Crippen LogP contribution in [0.25, 0.3) is 10.2 Å². The number of quaternary nitrogens is 1. The van der Waals surface area contributed by atoms with Gasteiger partial charge in [0.2, 0.25) is 0 Å². The molecule has 1 atom stereocenters. The van der Waals surface area contributed by atoms with E-state index in [4.69, 9.17) is 4.74 Å². The van der Waals surface area contributed by atoms with Crippen LogP contribution in [0.5, 0.6) is 5.75 Å². The lowest BCUT2D eigenvalue weighted by Crippen LogP contribution is -3.11. The number of hydrogen-bond donors (Lipinski definition) is 2. The molecular weight excluding hydrogens is 356 g/mol. The van der Waals surface area contributed by atoms with Crippen LogP contribution in [0.2, 0.25) is 0 Å². The first-order chi connectivity index (χ1) is 13.2. The first kappa shape index (κ1) is 18.2. The zero-order valence-corrected chi connectivity index (χ0v) is 17.0. The lowest BCUT2D eigenvalue weighted by molar-refractivity contribution is -0.917. The van der Waals surface area contributed by atoms with Gasteiger partial charge in [-0.15, -0.1) is 11.3 Å². The van der Waals surface area contributed by atoms with E-state index in [9.17, 15) is 0 Å². The summed E-state index contributed by atoms with van der Waals surface area (Å²) in [7, 11) is 1.76. The summed E-state index contributed by atoms with van der Waals surface area (Å²) < 4.78 is 5.67. The van der Waals surface area contributed by atoms with E-state index in [1.807, 2.05) is 6.07 Å². The summed E-state index contributed by atoms with van der Waals surface area (Å²) in [5.74, 6) is 1.92. The molecule has 6 heteroatoms. The summed E-state index contributed by atoms with van der Waals surface area (Å²) in [6.07, 6.45) is 4.25. The molecule has 5 nitrogen and oxygen atoms in total. The Bertz CT molecular complexity index is 933. The van der Waals surface area contributed by atoms with Gasteiger partial charge in [-0.2, -0.15) is 0 Å². The fraction of sp³-hybridized carbons (Fsp3) is 0.429. The van der Waals surface area contributed by atoms with Crippen molar-refractivity contribution >= 4 is 27.4 Å². The van der Waals surface area contributed by atoms with E-state index in [2.05, 4.69) is 47.3 Å². The van der Waals surface area contributed by atoms with Crippen molar-refractivity contribution in [1.82, 2.24) is 9.97 Å². The van der Waals surface area contributed by atoms with Crippen molar-refractivity contribution in [2.24, 2.45) is 0 Å². The molecule has 2 aromatic heterocycles. The minimum absolute atomic E-state index is 0.341. The highest BCUT2D eigenvalue weighted by atomic mass is 32.1. The molecule has 0 radical (unpaired) electrons. The highest BCUT2D eigenvalue weighted by Gasteiger charge is 2.29. The van der Waals surface area contributed by atoms with Crippen molar-refractivity contribution in [3.63, 3.8) is 0 Å². The fourth-order valence-electron chi connectivity index (χ4n) is 4.12. The predicted octanol–water partition coefficient (Wildman–Crippen LogP) is 3.15. The van der Waals surface area contributed by atoms with Crippen molar-refractivity contribution in [3.8, 4) is 5.75 Å². The fourth-order valence-corrected chi connectivity index (χ4v) is 5.12. The van der Waals surface area contributed by atoms with E-state index < -0.39 is 0 Å². The number of hydrogen-bond acceptors (Lipinski definition) is 5. The van der Waals surface area contributed by atoms with Crippen LogP contribution in [-0.4, -0.2) is 36.7 Å². The Morgan fingerprint density at radius 1 is 1.19 bits per heavy atom. The van der Waals surface area contributed by atoms with Gasteiger partial charge in [-0.1, -0.05) is 12.1 Å². The maximum Gasteiger partial charge on any atom is 0.138 e. The van der Waals surface area contributed by atoms with Gasteiger partial charge in [0.15, 0.2) is 0 Å². The molecule has 1 aromatic carbocycles. The van der Waals surface area contributed by atoms with Crippen molar-refractivity contribution < 1.29 is 9.64 Å². The van der Waals surface area contributed by atoms with Gasteiger partial charge in [0, 0.05) is 17.7 Å². The lowest BCUT2D eigenvalue weighted by atomic mass is 10.0. The maximum atomic E-state index is 5.67. The van der Waals surface area contributed by atoms with Gasteiger partial charge >= 0.3 is 0 Å². The van der Waals surface area contributed by atoms with Gasteiger partial charge < -0.3 is 15.0 Å². The largest absolute Gasteiger partial charge is 0.496 e. The second-order valence-corrected chi connectivity index (χ2v) is 8.43. The molecule has 3 aromatic rings. The number of benzene rings is 1. The van der Waals surface area contributed by atoms with Crippen LogP contribution in [-0.2, 0) is 0 Å². The van der Waals surface area contributed by atoms with Gasteiger partial charge in [-0.25, -0.2) is 9.97 Å². The molecule has 0 spiro atoms. The van der Waals surface area contributed by atoms with Gasteiger partial charge in [0.1, 0.15) is 28.8 Å². The minimum atomic E-state index is 0.341. The third kappa shape index (κ3) is 3.51. The molecule has 0 unspecified atom stereocenters. The zero-order valence-electron chi connectivity index (χ0n) is 16.2. The van der Waals surface area contributed by atoms with Crippen LogP contribution < -0.4 is 15.0 Å². The Morgan fingerprint density at radius 3 is 2.74 bits per heavy atom. The number of fused-ring (bicyclic) bond motifs is 1. The van der Waals surface area contributed by atoms with E-state index >= 15 is 0 Å². The molecule has 0 bridgehead atoms. The van der Waals surface area contributed by atoms with Crippen LogP contribution in [0.4, 0.5) is 5.82 Å². The predicted molar refractivity (Wildman–Crippen MR) is 111 cm³/mol. The number of likely N-dealkylation sites (tertiary alicyclic amines) is 1. The monoisotopic (exact) mass is 383 g/mol. The lowest BCUT2D eigenvalue weighted by Gasteiger charge is -2.26. The molecule has 2 N–H and O–H groups in total. The molecule has 1 fully saturated rings. The van der Waals surface area contributed by atoms with Crippen LogP contribution in [0.15, 0.2) is 30.6 Å². The molecule has 27 heavy (non-hydrogen) atoms. The van der Waals surface area contributed by atoms with Crippen molar-refractivity contribution in [3.05, 3.63) is 46.6 Å². The van der Waals surface area contributed by atoms with E-state index in [1.165, 1.54) is 41.9 Å². The normalized spacial score (nSPS) is 16.0. The molecule has 1 aliphatic heterocycles. The maximum absolute atomic E-state index is 5.67. The van der Waals surface area contributed by atoms with Crippen molar-refractivity contribution in [2.75, 3.05) is 32.1 Å². The molecule has 142 valence electrons. The quantitative estimate of drug-likeness (QED) is 0.687. The van der Waals surface area contributed by atoms with Crippen LogP contribution in [0, 0.1) is 13.8 Å². The Kier molecular flexibility index (Phi) is 5.27. The molecule has 0 saturated carbocycles. The SMILES string of the molecule is COc1ccccc1[C@H](CNc1ncnc2sc(C)c(C)c12)[NH+]1CCCC1. The number of nitrogens with one attached hydrogen (secondary N) is 2. The third-order valence-electron chi connectivity index (χ3n) is 5.69. The number of anilines is 1. The van der Waals surface area contributed by atoms with Crippen LogP contribution in [0.3, 0.4) is 0 Å². The van der Waals surface area contributed by atoms with Crippen molar-refractivity contribution in [2.45, 2.75) is 32.7 Å². The summed E-state index contributed by atoms with van der Waals surface area (Å²) in [5.41, 5.74) is 2.55. The average Bonchev–Trinajstić information content (AvgIpc) is 3.32. The highest BCUT2D eigenvalue weighted by molar-refractivity contribution is 7.18. The minimum Gasteiger partial charge on any atom is -0.496 e. The number of para-hydroxylation sites is 1. The molecule has 4 rings (SSSR count). The summed E-state index contributed by atoms with van der Waals surface area (Å²) in [4.78, 5) is 13.0. The number of aryl methyl sites for hydroxylation is 2. The van der Waals surface area contributed by atoms with Gasteiger partial charge in [-0.3, -0.25) is 0 Å². The number of thiophene rings is 1. The summed E-state index contributed by atoms with van der Waals surface area (Å²) in [5, 5.41) is 4.81.